The number of rotatable bonds is 22. The van der Waals surface area contributed by atoms with E-state index in [4.69, 9.17) is 22.9 Å². The molecule has 0 aliphatic carbocycles. The molecule has 49 heavy (non-hydrogen) atoms. The van der Waals surface area contributed by atoms with E-state index >= 15 is 0 Å². The second-order valence-corrected chi connectivity index (χ2v) is 12.8. The summed E-state index contributed by atoms with van der Waals surface area (Å²) < 4.78 is 0. The second kappa shape index (κ2) is 21.1. The number of hydrogen-bond acceptors (Lipinski definition) is 9. The first kappa shape index (κ1) is 42.1. The number of amides is 5. The van der Waals surface area contributed by atoms with Crippen molar-refractivity contribution in [2.75, 3.05) is 6.54 Å². The van der Waals surface area contributed by atoms with Gasteiger partial charge in [-0.25, -0.2) is 4.79 Å². The molecule has 1 aromatic rings. The van der Waals surface area contributed by atoms with E-state index in [-0.39, 0.29) is 75.0 Å². The van der Waals surface area contributed by atoms with Gasteiger partial charge >= 0.3 is 5.97 Å². The lowest BCUT2D eigenvalue weighted by Crippen LogP contribution is -2.59. The molecule has 0 aliphatic rings. The Morgan fingerprint density at radius 2 is 1.18 bits per heavy atom. The molecule has 274 valence electrons. The van der Waals surface area contributed by atoms with Crippen molar-refractivity contribution in [2.24, 2.45) is 39.8 Å². The van der Waals surface area contributed by atoms with Crippen molar-refractivity contribution in [1.29, 1.82) is 0 Å². The molecule has 17 heteroatoms. The van der Waals surface area contributed by atoms with Gasteiger partial charge in [-0.2, -0.15) is 0 Å². The lowest BCUT2D eigenvalue weighted by atomic mass is 9.98. The number of aliphatic imine (C=N–C) groups is 1. The van der Waals surface area contributed by atoms with Gasteiger partial charge in [-0.15, -0.1) is 0 Å². The summed E-state index contributed by atoms with van der Waals surface area (Å²) in [6, 6.07) is 0.0518. The summed E-state index contributed by atoms with van der Waals surface area (Å²) in [6.45, 7) is 7.48. The van der Waals surface area contributed by atoms with E-state index in [0.29, 0.717) is 5.56 Å². The number of aromatic hydroxyl groups is 1. The van der Waals surface area contributed by atoms with E-state index in [0.717, 1.165) is 0 Å². The smallest absolute Gasteiger partial charge is 0.326 e. The first-order valence-electron chi connectivity index (χ1n) is 16.2. The summed E-state index contributed by atoms with van der Waals surface area (Å²) in [5, 5.41) is 29.8. The largest absolute Gasteiger partial charge is 0.508 e. The highest BCUT2D eigenvalue weighted by Gasteiger charge is 2.32. The number of nitrogens with zero attached hydrogens (tertiary/aromatic N) is 1. The number of benzene rings is 1. The lowest BCUT2D eigenvalue weighted by Gasteiger charge is -2.28. The van der Waals surface area contributed by atoms with Crippen molar-refractivity contribution < 1.29 is 39.0 Å². The Hall–Kier alpha value is -4.93. The summed E-state index contributed by atoms with van der Waals surface area (Å²) in [6.07, 6.45) is 0.413. The SMILES string of the molecule is CC(C)C[C@H](NC(=O)[C@H](CC(C)C)NC(=O)[C@H](Cc1ccc(O)cc1)NC(=O)[C@@H](N)CCC(N)=O)C(=O)N[C@@H](CCCN=C(N)N)C(=O)O. The summed E-state index contributed by atoms with van der Waals surface area (Å²) in [5.74, 6) is -5.07. The molecule has 17 nitrogen and oxygen atoms in total. The molecule has 0 aromatic heterocycles. The first-order valence-corrected chi connectivity index (χ1v) is 16.2. The van der Waals surface area contributed by atoms with Crippen molar-refractivity contribution >= 4 is 41.5 Å². The standard InChI is InChI=1S/C32H53N9O8/c1-17(2)14-23(28(45)38-22(31(48)49)6-5-13-37-32(35)36)40-29(46)24(15-18(3)4)41-30(47)25(16-19-7-9-20(42)10-8-19)39-27(44)21(33)11-12-26(34)43/h7-10,17-18,21-25,42H,5-6,11-16,33H2,1-4H3,(H2,34,43)(H,38,45)(H,39,44)(H,40,46)(H,41,47)(H,48,49)(H4,35,36,37)/t21-,22-,23-,24-,25-/m0/s1. The Kier molecular flexibility index (Phi) is 18.1. The van der Waals surface area contributed by atoms with E-state index < -0.39 is 65.7 Å². The zero-order valence-corrected chi connectivity index (χ0v) is 28.6. The van der Waals surface area contributed by atoms with Gasteiger partial charge < -0.3 is 54.4 Å². The predicted molar refractivity (Wildman–Crippen MR) is 182 cm³/mol. The van der Waals surface area contributed by atoms with Crippen LogP contribution in [0.1, 0.15) is 71.8 Å². The van der Waals surface area contributed by atoms with E-state index in [2.05, 4.69) is 26.3 Å². The molecule has 0 bridgehead atoms. The second-order valence-electron chi connectivity index (χ2n) is 12.8. The van der Waals surface area contributed by atoms with Gasteiger partial charge in [0.2, 0.25) is 29.5 Å². The molecule has 0 aliphatic heterocycles. The van der Waals surface area contributed by atoms with Crippen LogP contribution < -0.4 is 44.2 Å². The summed E-state index contributed by atoms with van der Waals surface area (Å²) in [7, 11) is 0. The quantitative estimate of drug-likeness (QED) is 0.0387. The van der Waals surface area contributed by atoms with Crippen LogP contribution in [-0.2, 0) is 35.2 Å². The van der Waals surface area contributed by atoms with Crippen LogP contribution in [0.15, 0.2) is 29.3 Å². The number of phenolic OH excluding ortho intramolecular Hbond substituents is 1. The third kappa shape index (κ3) is 17.2. The Labute approximate surface area is 286 Å². The number of carbonyl (C=O) groups excluding carboxylic acids is 5. The molecule has 1 aromatic carbocycles. The highest BCUT2D eigenvalue weighted by atomic mass is 16.4. The lowest BCUT2D eigenvalue weighted by molar-refractivity contribution is -0.142. The minimum Gasteiger partial charge on any atom is -0.508 e. The van der Waals surface area contributed by atoms with Gasteiger partial charge in [-0.3, -0.25) is 29.0 Å². The topological polar surface area (TPSA) is 307 Å². The van der Waals surface area contributed by atoms with Gasteiger partial charge in [-0.05, 0) is 61.6 Å². The van der Waals surface area contributed by atoms with Crippen LogP contribution in [0.4, 0.5) is 0 Å². The van der Waals surface area contributed by atoms with Gasteiger partial charge in [-0.1, -0.05) is 39.8 Å². The Balaban J connectivity index is 3.22. The third-order valence-corrected chi connectivity index (χ3v) is 7.29. The normalized spacial score (nSPS) is 14.1. The van der Waals surface area contributed by atoms with Crippen molar-refractivity contribution in [3.63, 3.8) is 0 Å². The van der Waals surface area contributed by atoms with Gasteiger partial charge in [0.05, 0.1) is 6.04 Å². The summed E-state index contributed by atoms with van der Waals surface area (Å²) >= 11 is 0. The Bertz CT molecular complexity index is 1300. The molecular formula is C32H53N9O8. The molecule has 0 fully saturated rings. The van der Waals surface area contributed by atoms with E-state index in [1.807, 2.05) is 27.7 Å². The number of phenols is 1. The third-order valence-electron chi connectivity index (χ3n) is 7.29. The van der Waals surface area contributed by atoms with Gasteiger partial charge in [0, 0.05) is 19.4 Å². The number of carbonyl (C=O) groups is 6. The number of carboxylic acid groups (broad SMARTS) is 1. The van der Waals surface area contributed by atoms with Crippen LogP contribution >= 0.6 is 0 Å². The van der Waals surface area contributed by atoms with E-state index in [1.165, 1.54) is 12.1 Å². The summed E-state index contributed by atoms with van der Waals surface area (Å²) in [4.78, 5) is 80.4. The molecule has 0 unspecified atom stereocenters. The first-order chi connectivity index (χ1) is 22.9. The van der Waals surface area contributed by atoms with Crippen molar-refractivity contribution in [3.8, 4) is 5.75 Å². The van der Waals surface area contributed by atoms with Crippen LogP contribution in [0.25, 0.3) is 0 Å². The molecule has 0 saturated carbocycles. The molecule has 14 N–H and O–H groups in total. The van der Waals surface area contributed by atoms with E-state index in [9.17, 15) is 39.0 Å². The molecule has 0 radical (unpaired) electrons. The predicted octanol–water partition coefficient (Wildman–Crippen LogP) is -1.30. The molecule has 0 heterocycles. The van der Waals surface area contributed by atoms with Crippen LogP contribution in [-0.4, -0.2) is 88.4 Å². The number of primary amides is 1. The average molecular weight is 692 g/mol. The molecule has 5 atom stereocenters. The van der Waals surface area contributed by atoms with Crippen molar-refractivity contribution in [1.82, 2.24) is 21.3 Å². The monoisotopic (exact) mass is 691 g/mol. The van der Waals surface area contributed by atoms with Crippen LogP contribution in [0.3, 0.4) is 0 Å². The maximum Gasteiger partial charge on any atom is 0.326 e. The fraction of sp³-hybridized carbons (Fsp3) is 0.594. The van der Waals surface area contributed by atoms with Crippen LogP contribution in [0.2, 0.25) is 0 Å². The maximum atomic E-state index is 13.7. The molecular weight excluding hydrogens is 638 g/mol. The van der Waals surface area contributed by atoms with E-state index in [1.54, 1.807) is 12.1 Å². The average Bonchev–Trinajstić information content (AvgIpc) is 3.00. The maximum absolute atomic E-state index is 13.7. The number of guanidine groups is 1. The fourth-order valence-corrected chi connectivity index (χ4v) is 4.77. The number of nitrogens with one attached hydrogen (secondary N) is 4. The summed E-state index contributed by atoms with van der Waals surface area (Å²) in [5.41, 5.74) is 22.3. The fourth-order valence-electron chi connectivity index (χ4n) is 4.77. The number of hydrogen-bond donors (Lipinski definition) is 10. The molecule has 5 amide bonds. The van der Waals surface area contributed by atoms with Gasteiger partial charge in [0.1, 0.15) is 29.9 Å². The van der Waals surface area contributed by atoms with Gasteiger partial charge in [0.25, 0.3) is 0 Å². The molecule has 0 spiro atoms. The minimum atomic E-state index is -1.27. The zero-order chi connectivity index (χ0) is 37.3. The van der Waals surface area contributed by atoms with Crippen molar-refractivity contribution in [2.45, 2.75) is 103 Å². The number of aliphatic carboxylic acids is 1. The highest BCUT2D eigenvalue weighted by molar-refractivity contribution is 5.95. The number of carboxylic acids is 1. The molecule has 0 saturated heterocycles. The van der Waals surface area contributed by atoms with Crippen LogP contribution in [0, 0.1) is 11.8 Å². The Morgan fingerprint density at radius 1 is 0.714 bits per heavy atom. The van der Waals surface area contributed by atoms with Crippen molar-refractivity contribution in [3.05, 3.63) is 29.8 Å². The van der Waals surface area contributed by atoms with Gasteiger partial charge in [0.15, 0.2) is 5.96 Å². The minimum absolute atomic E-state index is 0.00321. The van der Waals surface area contributed by atoms with Crippen LogP contribution in [0.5, 0.6) is 5.75 Å². The molecule has 1 rings (SSSR count). The zero-order valence-electron chi connectivity index (χ0n) is 28.6. The number of nitrogens with two attached hydrogens (primary N) is 4. The highest BCUT2D eigenvalue weighted by Crippen LogP contribution is 2.14. The Morgan fingerprint density at radius 3 is 1.63 bits per heavy atom.